The largest absolute Gasteiger partial charge is 0.337 e. The summed E-state index contributed by atoms with van der Waals surface area (Å²) in [5.74, 6) is 0. The summed E-state index contributed by atoms with van der Waals surface area (Å²) in [6.45, 7) is 16.5. The van der Waals surface area contributed by atoms with Crippen LogP contribution in [0.3, 0.4) is 0 Å². The number of para-hydroxylation sites is 5. The van der Waals surface area contributed by atoms with Crippen LogP contribution in [0.25, 0.3) is 72.0 Å². The molecule has 326 valence electrons. The molecule has 0 aliphatic heterocycles. The van der Waals surface area contributed by atoms with E-state index >= 15 is 0 Å². The van der Waals surface area contributed by atoms with Crippen molar-refractivity contribution < 1.29 is 0 Å². The maximum Gasteiger partial charge on any atom is 0.0541 e. The third kappa shape index (κ3) is 7.99. The first-order valence-electron chi connectivity index (χ1n) is 23.8. The van der Waals surface area contributed by atoms with Crippen LogP contribution < -0.4 is 4.90 Å². The second-order valence-electron chi connectivity index (χ2n) is 15.6. The quantitative estimate of drug-likeness (QED) is 0.139. The minimum Gasteiger partial charge on any atom is -0.337 e. The SMILES string of the molecule is C/C=C(\C=C/C(C)n1c2c(c3ccccc31)C=CCC2)N(c1ccc(-n2c3ccccc3c3ccccc32)cc1)c1ccc(-n2c3ccccc3c3ccccc32)cc1.CC.CC.CC. The molecular weight excluding hydrogens is 789 g/mol. The van der Waals surface area contributed by atoms with Crippen LogP contribution in [0.2, 0.25) is 0 Å². The normalized spacial score (nSPS) is 12.7. The van der Waals surface area contributed by atoms with Gasteiger partial charge < -0.3 is 18.6 Å². The first kappa shape index (κ1) is 44.3. The van der Waals surface area contributed by atoms with E-state index in [9.17, 15) is 0 Å². The van der Waals surface area contributed by atoms with E-state index < -0.39 is 0 Å². The third-order valence-electron chi connectivity index (χ3n) is 12.3. The summed E-state index contributed by atoms with van der Waals surface area (Å²) >= 11 is 0. The molecule has 1 atom stereocenters. The monoisotopic (exact) mass is 850 g/mol. The van der Waals surface area contributed by atoms with Gasteiger partial charge in [0.15, 0.2) is 0 Å². The predicted molar refractivity (Wildman–Crippen MR) is 285 cm³/mol. The van der Waals surface area contributed by atoms with Crippen molar-refractivity contribution in [3.05, 3.63) is 211 Å². The van der Waals surface area contributed by atoms with Gasteiger partial charge in [-0.3, -0.25) is 0 Å². The lowest BCUT2D eigenvalue weighted by atomic mass is 10.0. The number of aromatic nitrogens is 3. The molecule has 11 rings (SSSR count). The number of allylic oxidation sites excluding steroid dienone is 4. The number of hydrogen-bond acceptors (Lipinski definition) is 1. The third-order valence-corrected chi connectivity index (χ3v) is 12.3. The molecule has 1 unspecified atom stereocenters. The molecule has 0 saturated carbocycles. The van der Waals surface area contributed by atoms with Gasteiger partial charge in [0.1, 0.15) is 0 Å². The van der Waals surface area contributed by atoms with Gasteiger partial charge in [0.2, 0.25) is 0 Å². The van der Waals surface area contributed by atoms with Crippen molar-refractivity contribution in [2.75, 3.05) is 4.90 Å². The minimum atomic E-state index is 0.155. The summed E-state index contributed by atoms with van der Waals surface area (Å²) in [6.07, 6.45) is 13.7. The highest BCUT2D eigenvalue weighted by molar-refractivity contribution is 6.10. The average molecular weight is 851 g/mol. The highest BCUT2D eigenvalue weighted by Gasteiger charge is 2.21. The number of anilines is 2. The standard InChI is InChI=1S/C55H44N4.3C2H6/c1-3-39(29-28-38(2)56-50-22-10-4-16-44(50)45-17-5-11-23-51(45)56)57(40-30-34-42(35-31-40)58-52-24-12-6-18-46(52)47-19-7-13-25-53(47)58)41-32-36-43(37-33-41)59-54-26-14-8-20-48(54)49-21-9-15-27-55(49)59;3*1-2/h3-10,12-22,24-38H,11,23H2,1-2H3;3*1-2H3/b29-28-,39-3+;;;. The van der Waals surface area contributed by atoms with Gasteiger partial charge in [-0.15, -0.1) is 0 Å². The Labute approximate surface area is 385 Å². The van der Waals surface area contributed by atoms with Crippen molar-refractivity contribution >= 4 is 72.0 Å². The molecule has 65 heavy (non-hydrogen) atoms. The zero-order valence-corrected chi connectivity index (χ0v) is 39.3. The molecule has 1 aliphatic carbocycles. The summed E-state index contributed by atoms with van der Waals surface area (Å²) in [7, 11) is 0. The fraction of sp³-hybridized carbons (Fsp3) is 0.180. The molecule has 0 fully saturated rings. The van der Waals surface area contributed by atoms with E-state index in [1.165, 1.54) is 65.8 Å². The Hall–Kier alpha value is -7.30. The summed E-state index contributed by atoms with van der Waals surface area (Å²) in [5.41, 5.74) is 14.5. The van der Waals surface area contributed by atoms with E-state index in [2.05, 4.69) is 233 Å². The van der Waals surface area contributed by atoms with Crippen LogP contribution in [0.5, 0.6) is 0 Å². The molecule has 4 nitrogen and oxygen atoms in total. The highest BCUT2D eigenvalue weighted by Crippen LogP contribution is 2.38. The molecule has 7 aromatic carbocycles. The molecule has 3 heterocycles. The second-order valence-corrected chi connectivity index (χ2v) is 15.6. The lowest BCUT2D eigenvalue weighted by molar-refractivity contribution is 0.645. The molecule has 0 radical (unpaired) electrons. The maximum absolute atomic E-state index is 2.54. The van der Waals surface area contributed by atoms with E-state index in [1.807, 2.05) is 41.5 Å². The van der Waals surface area contributed by atoms with Crippen molar-refractivity contribution in [3.8, 4) is 11.4 Å². The van der Waals surface area contributed by atoms with Gasteiger partial charge in [0.25, 0.3) is 0 Å². The van der Waals surface area contributed by atoms with E-state index in [4.69, 9.17) is 0 Å². The molecule has 0 bridgehead atoms. The van der Waals surface area contributed by atoms with E-state index in [0.717, 1.165) is 41.3 Å². The molecular formula is C61H62N4. The van der Waals surface area contributed by atoms with Gasteiger partial charge in [0.05, 0.1) is 22.1 Å². The average Bonchev–Trinajstić information content (AvgIpc) is 4.03. The molecule has 4 heteroatoms. The molecule has 10 aromatic rings. The number of fused-ring (bicyclic) bond motifs is 9. The van der Waals surface area contributed by atoms with Gasteiger partial charge in [-0.25, -0.2) is 0 Å². The molecule has 0 amide bonds. The van der Waals surface area contributed by atoms with Crippen LogP contribution in [-0.2, 0) is 6.42 Å². The van der Waals surface area contributed by atoms with Crippen LogP contribution in [0.1, 0.15) is 79.1 Å². The van der Waals surface area contributed by atoms with Crippen LogP contribution in [0.4, 0.5) is 11.4 Å². The Morgan fingerprint density at radius 2 is 0.877 bits per heavy atom. The van der Waals surface area contributed by atoms with Crippen LogP contribution >= 0.6 is 0 Å². The maximum atomic E-state index is 2.54. The van der Waals surface area contributed by atoms with E-state index in [-0.39, 0.29) is 6.04 Å². The Kier molecular flexibility index (Phi) is 13.7. The second kappa shape index (κ2) is 20.0. The number of nitrogens with zero attached hydrogens (tertiary/aromatic N) is 4. The Morgan fingerprint density at radius 1 is 0.492 bits per heavy atom. The van der Waals surface area contributed by atoms with Gasteiger partial charge in [-0.2, -0.15) is 0 Å². The summed E-state index contributed by atoms with van der Waals surface area (Å²) in [5, 5.41) is 6.39. The topological polar surface area (TPSA) is 18.0 Å². The lowest BCUT2D eigenvalue weighted by Crippen LogP contribution is -2.16. The molecule has 0 saturated heterocycles. The molecule has 0 spiro atoms. The van der Waals surface area contributed by atoms with Gasteiger partial charge >= 0.3 is 0 Å². The van der Waals surface area contributed by atoms with Crippen LogP contribution in [0.15, 0.2) is 200 Å². The Morgan fingerprint density at radius 3 is 1.29 bits per heavy atom. The highest BCUT2D eigenvalue weighted by atomic mass is 15.1. The fourth-order valence-corrected chi connectivity index (χ4v) is 9.64. The number of rotatable bonds is 8. The van der Waals surface area contributed by atoms with Crippen molar-refractivity contribution in [2.24, 2.45) is 0 Å². The van der Waals surface area contributed by atoms with Gasteiger partial charge in [-0.1, -0.05) is 157 Å². The lowest BCUT2D eigenvalue weighted by Gasteiger charge is -2.27. The first-order valence-corrected chi connectivity index (χ1v) is 23.8. The summed E-state index contributed by atoms with van der Waals surface area (Å²) in [4.78, 5) is 2.39. The first-order chi connectivity index (χ1) is 32.2. The molecule has 3 aromatic heterocycles. The zero-order valence-electron chi connectivity index (χ0n) is 39.3. The molecule has 0 N–H and O–H groups in total. The van der Waals surface area contributed by atoms with Crippen molar-refractivity contribution in [1.29, 1.82) is 0 Å². The Balaban J connectivity index is 0.000000924. The van der Waals surface area contributed by atoms with Crippen molar-refractivity contribution in [3.63, 3.8) is 0 Å². The van der Waals surface area contributed by atoms with Crippen molar-refractivity contribution in [1.82, 2.24) is 13.7 Å². The van der Waals surface area contributed by atoms with E-state index in [1.54, 1.807) is 0 Å². The van der Waals surface area contributed by atoms with Gasteiger partial charge in [-0.05, 0) is 112 Å². The zero-order chi connectivity index (χ0) is 45.5. The van der Waals surface area contributed by atoms with Crippen LogP contribution in [0, 0.1) is 0 Å². The minimum absolute atomic E-state index is 0.155. The molecule has 1 aliphatic rings. The summed E-state index contributed by atoms with van der Waals surface area (Å²) < 4.78 is 7.31. The van der Waals surface area contributed by atoms with Crippen molar-refractivity contribution in [2.45, 2.75) is 74.3 Å². The summed E-state index contributed by atoms with van der Waals surface area (Å²) in [6, 6.07) is 62.0. The Bertz CT molecular complexity index is 3030. The fourth-order valence-electron chi connectivity index (χ4n) is 9.64. The van der Waals surface area contributed by atoms with Gasteiger partial charge in [0, 0.05) is 78.2 Å². The predicted octanol–water partition coefficient (Wildman–Crippen LogP) is 17.7. The number of hydrogen-bond donors (Lipinski definition) is 0. The van der Waals surface area contributed by atoms with Crippen LogP contribution in [-0.4, -0.2) is 13.7 Å². The smallest absolute Gasteiger partial charge is 0.0541 e. The number of benzene rings is 7. The van der Waals surface area contributed by atoms with E-state index in [0.29, 0.717) is 0 Å².